The Hall–Kier alpha value is -0.930. The standard InChI is InChI=1S/C13H24N4O3S/c1-14-12(13(18)16-19)15-6-7-21-9-11-5-4-10(20-11)8-17(2)3/h4-5,12-15,18H,6-9H2,1-3H3. The molecule has 0 radical (unpaired) electrons. The fraction of sp³-hybridized carbons (Fsp3) is 0.692. The summed E-state index contributed by atoms with van der Waals surface area (Å²) in [5, 5.41) is 17.7. The maximum atomic E-state index is 10.3. The Morgan fingerprint density at radius 2 is 2.14 bits per heavy atom. The second-order valence-corrected chi connectivity index (χ2v) is 6.00. The van der Waals surface area contributed by atoms with Crippen molar-refractivity contribution in [2.24, 2.45) is 5.18 Å². The molecule has 1 rings (SSSR count). The average molecular weight is 316 g/mol. The Labute approximate surface area is 129 Å². The Morgan fingerprint density at radius 1 is 1.43 bits per heavy atom. The summed E-state index contributed by atoms with van der Waals surface area (Å²) in [6, 6.07) is 3.99. The SMILES string of the molecule is CNC(NCCSCc1ccc(CN(C)C)o1)C(O)N=O. The quantitative estimate of drug-likeness (QED) is 0.316. The van der Waals surface area contributed by atoms with Gasteiger partial charge in [-0.2, -0.15) is 11.8 Å². The Bertz CT molecular complexity index is 414. The minimum atomic E-state index is -1.28. The molecule has 0 fully saturated rings. The predicted octanol–water partition coefficient (Wildman–Crippen LogP) is 0.794. The Balaban J connectivity index is 2.19. The summed E-state index contributed by atoms with van der Waals surface area (Å²) in [7, 11) is 5.67. The highest BCUT2D eigenvalue weighted by atomic mass is 32.2. The van der Waals surface area contributed by atoms with Gasteiger partial charge in [0.1, 0.15) is 17.7 Å². The van der Waals surface area contributed by atoms with Crippen LogP contribution in [0.3, 0.4) is 0 Å². The molecule has 2 atom stereocenters. The van der Waals surface area contributed by atoms with E-state index in [4.69, 9.17) is 4.42 Å². The van der Waals surface area contributed by atoms with E-state index in [9.17, 15) is 10.0 Å². The van der Waals surface area contributed by atoms with Crippen molar-refractivity contribution in [3.8, 4) is 0 Å². The number of hydrogen-bond acceptors (Lipinski definition) is 8. The van der Waals surface area contributed by atoms with Crippen LogP contribution in [0.2, 0.25) is 0 Å². The minimum Gasteiger partial charge on any atom is -0.464 e. The van der Waals surface area contributed by atoms with Crippen LogP contribution in [-0.4, -0.2) is 55.8 Å². The lowest BCUT2D eigenvalue weighted by molar-refractivity contribution is 0.122. The van der Waals surface area contributed by atoms with Gasteiger partial charge in [0.25, 0.3) is 0 Å². The molecule has 1 heterocycles. The van der Waals surface area contributed by atoms with Gasteiger partial charge in [0.05, 0.1) is 12.3 Å². The smallest absolute Gasteiger partial charge is 0.215 e. The number of aliphatic hydroxyl groups excluding tert-OH is 1. The molecule has 0 spiro atoms. The summed E-state index contributed by atoms with van der Waals surface area (Å²) in [6.45, 7) is 1.46. The zero-order chi connectivity index (χ0) is 15.7. The monoisotopic (exact) mass is 316 g/mol. The molecule has 0 aliphatic rings. The fourth-order valence-electron chi connectivity index (χ4n) is 1.77. The topological polar surface area (TPSA) is 90.1 Å². The first-order chi connectivity index (χ1) is 10.1. The van der Waals surface area contributed by atoms with E-state index in [1.807, 2.05) is 26.2 Å². The molecule has 0 saturated carbocycles. The molecule has 2 unspecified atom stereocenters. The van der Waals surface area contributed by atoms with Gasteiger partial charge in [-0.25, -0.2) is 0 Å². The van der Waals surface area contributed by atoms with Crippen LogP contribution in [0.15, 0.2) is 21.7 Å². The largest absolute Gasteiger partial charge is 0.464 e. The van der Waals surface area contributed by atoms with Crippen molar-refractivity contribution in [2.75, 3.05) is 33.4 Å². The molecule has 0 saturated heterocycles. The highest BCUT2D eigenvalue weighted by Crippen LogP contribution is 2.15. The van der Waals surface area contributed by atoms with E-state index in [-0.39, 0.29) is 0 Å². The third-order valence-electron chi connectivity index (χ3n) is 2.76. The lowest BCUT2D eigenvalue weighted by atomic mass is 10.4. The number of likely N-dealkylation sites (N-methyl/N-ethyl adjacent to an activating group) is 1. The van der Waals surface area contributed by atoms with Gasteiger partial charge in [0.2, 0.25) is 6.23 Å². The van der Waals surface area contributed by atoms with E-state index in [0.717, 1.165) is 29.6 Å². The van der Waals surface area contributed by atoms with E-state index in [1.54, 1.807) is 18.8 Å². The van der Waals surface area contributed by atoms with Crippen molar-refractivity contribution in [2.45, 2.75) is 24.7 Å². The molecule has 8 heteroatoms. The van der Waals surface area contributed by atoms with Crippen LogP contribution < -0.4 is 10.6 Å². The molecule has 21 heavy (non-hydrogen) atoms. The molecule has 1 aromatic heterocycles. The number of nitrogens with zero attached hydrogens (tertiary/aromatic N) is 2. The van der Waals surface area contributed by atoms with Crippen LogP contribution in [0.25, 0.3) is 0 Å². The average Bonchev–Trinajstić information content (AvgIpc) is 2.88. The zero-order valence-electron chi connectivity index (χ0n) is 12.7. The van der Waals surface area contributed by atoms with Gasteiger partial charge in [-0.3, -0.25) is 5.32 Å². The van der Waals surface area contributed by atoms with Crippen LogP contribution in [0, 0.1) is 4.91 Å². The van der Waals surface area contributed by atoms with Crippen molar-refractivity contribution >= 4 is 11.8 Å². The first kappa shape index (κ1) is 18.1. The van der Waals surface area contributed by atoms with Crippen molar-refractivity contribution in [1.29, 1.82) is 0 Å². The molecule has 0 aliphatic heterocycles. The maximum Gasteiger partial charge on any atom is 0.215 e. The summed E-state index contributed by atoms with van der Waals surface area (Å²) in [5.41, 5.74) is 0. The lowest BCUT2D eigenvalue weighted by Gasteiger charge is -2.18. The van der Waals surface area contributed by atoms with Gasteiger partial charge in [-0.15, -0.1) is 4.91 Å². The predicted molar refractivity (Wildman–Crippen MR) is 84.9 cm³/mol. The number of nitrogens with one attached hydrogen (secondary N) is 2. The fourth-order valence-corrected chi connectivity index (χ4v) is 2.54. The van der Waals surface area contributed by atoms with Gasteiger partial charge in [-0.1, -0.05) is 0 Å². The molecule has 7 nitrogen and oxygen atoms in total. The first-order valence-corrected chi connectivity index (χ1v) is 7.93. The summed E-state index contributed by atoms with van der Waals surface area (Å²) in [4.78, 5) is 12.3. The highest BCUT2D eigenvalue weighted by molar-refractivity contribution is 7.98. The van der Waals surface area contributed by atoms with Crippen LogP contribution in [-0.2, 0) is 12.3 Å². The van der Waals surface area contributed by atoms with E-state index in [0.29, 0.717) is 6.54 Å². The zero-order valence-corrected chi connectivity index (χ0v) is 13.5. The van der Waals surface area contributed by atoms with E-state index < -0.39 is 12.4 Å². The molecule has 3 N–H and O–H groups in total. The Kier molecular flexibility index (Phi) is 8.55. The normalized spacial score (nSPS) is 14.3. The van der Waals surface area contributed by atoms with Crippen molar-refractivity contribution < 1.29 is 9.52 Å². The van der Waals surface area contributed by atoms with Crippen molar-refractivity contribution in [3.05, 3.63) is 28.6 Å². The number of thioether (sulfide) groups is 1. The third-order valence-corrected chi connectivity index (χ3v) is 3.74. The number of rotatable bonds is 11. The second-order valence-electron chi connectivity index (χ2n) is 4.90. The number of nitroso groups, excluding NO2 is 1. The van der Waals surface area contributed by atoms with Gasteiger partial charge in [-0.05, 0) is 38.5 Å². The van der Waals surface area contributed by atoms with Crippen molar-refractivity contribution in [3.63, 3.8) is 0 Å². The van der Waals surface area contributed by atoms with Gasteiger partial charge >= 0.3 is 0 Å². The first-order valence-electron chi connectivity index (χ1n) is 6.78. The molecular weight excluding hydrogens is 292 g/mol. The molecular formula is C13H24N4O3S. The van der Waals surface area contributed by atoms with Crippen LogP contribution in [0.1, 0.15) is 11.5 Å². The molecule has 0 aromatic carbocycles. The van der Waals surface area contributed by atoms with Crippen LogP contribution in [0.5, 0.6) is 0 Å². The Morgan fingerprint density at radius 3 is 2.76 bits per heavy atom. The molecule has 0 aliphatic carbocycles. The van der Waals surface area contributed by atoms with E-state index >= 15 is 0 Å². The van der Waals surface area contributed by atoms with Crippen LogP contribution >= 0.6 is 11.8 Å². The molecule has 0 amide bonds. The molecule has 120 valence electrons. The maximum absolute atomic E-state index is 10.3. The molecule has 0 bridgehead atoms. The summed E-state index contributed by atoms with van der Waals surface area (Å²) in [6.07, 6.45) is -1.79. The number of furan rings is 1. The number of aliphatic hydroxyl groups is 1. The van der Waals surface area contributed by atoms with Gasteiger partial charge in [0.15, 0.2) is 0 Å². The van der Waals surface area contributed by atoms with Crippen molar-refractivity contribution in [1.82, 2.24) is 15.5 Å². The highest BCUT2D eigenvalue weighted by Gasteiger charge is 2.16. The van der Waals surface area contributed by atoms with E-state index in [2.05, 4.69) is 20.7 Å². The van der Waals surface area contributed by atoms with Gasteiger partial charge in [0, 0.05) is 12.3 Å². The number of hydrogen-bond donors (Lipinski definition) is 3. The summed E-state index contributed by atoms with van der Waals surface area (Å²) in [5.74, 6) is 3.56. The van der Waals surface area contributed by atoms with Gasteiger partial charge < -0.3 is 19.7 Å². The molecule has 1 aromatic rings. The summed E-state index contributed by atoms with van der Waals surface area (Å²) < 4.78 is 5.71. The third kappa shape index (κ3) is 7.05. The lowest BCUT2D eigenvalue weighted by Crippen LogP contribution is -2.48. The summed E-state index contributed by atoms with van der Waals surface area (Å²) >= 11 is 1.72. The van der Waals surface area contributed by atoms with E-state index in [1.165, 1.54) is 0 Å². The second kappa shape index (κ2) is 9.91. The van der Waals surface area contributed by atoms with Crippen LogP contribution in [0.4, 0.5) is 0 Å². The minimum absolute atomic E-state index is 0.515.